The monoisotopic (exact) mass is 324 g/mol. The Hall–Kier alpha value is -1.26. The van der Waals surface area contributed by atoms with Gasteiger partial charge in [0.25, 0.3) is 0 Å². The Morgan fingerprint density at radius 1 is 1.44 bits per heavy atom. The molecule has 0 aromatic carbocycles. The van der Waals surface area contributed by atoms with Gasteiger partial charge in [-0.05, 0) is 24.6 Å². The Morgan fingerprint density at radius 3 is 2.83 bits per heavy atom. The van der Waals surface area contributed by atoms with Crippen LogP contribution in [-0.4, -0.2) is 21.1 Å². The number of ketones is 1. The summed E-state index contributed by atoms with van der Waals surface area (Å²) in [6.45, 7) is 1.96. The standard InChI is InChI=1S/C13H10BrClN2O/c1-8-2-3-16-7-10(8)13-11(15)4-9(6-17-13)12(18)5-14/h2-4,6-7H,5H2,1H3. The average molecular weight is 326 g/mol. The summed E-state index contributed by atoms with van der Waals surface area (Å²) in [7, 11) is 0. The SMILES string of the molecule is Cc1ccncc1-c1ncc(C(=O)CBr)cc1Cl. The number of aryl methyl sites for hydroxylation is 1. The molecule has 2 aromatic heterocycles. The molecular formula is C13H10BrClN2O. The molecule has 0 saturated carbocycles. The molecule has 0 amide bonds. The van der Waals surface area contributed by atoms with Crippen molar-refractivity contribution in [3.63, 3.8) is 0 Å². The van der Waals surface area contributed by atoms with E-state index in [9.17, 15) is 4.79 Å². The quantitative estimate of drug-likeness (QED) is 0.638. The highest BCUT2D eigenvalue weighted by atomic mass is 79.9. The maximum Gasteiger partial charge on any atom is 0.174 e. The molecule has 0 bridgehead atoms. The molecule has 18 heavy (non-hydrogen) atoms. The molecule has 0 N–H and O–H groups in total. The van der Waals surface area contributed by atoms with Crippen LogP contribution in [0.15, 0.2) is 30.7 Å². The first-order valence-corrected chi connectivity index (χ1v) is 6.79. The van der Waals surface area contributed by atoms with Crippen LogP contribution in [-0.2, 0) is 0 Å². The molecular weight excluding hydrogens is 316 g/mol. The van der Waals surface area contributed by atoms with Gasteiger partial charge >= 0.3 is 0 Å². The van der Waals surface area contributed by atoms with Crippen LogP contribution in [0, 0.1) is 6.92 Å². The smallest absolute Gasteiger partial charge is 0.174 e. The van der Waals surface area contributed by atoms with Crippen LogP contribution in [0.25, 0.3) is 11.3 Å². The fraction of sp³-hybridized carbons (Fsp3) is 0.154. The van der Waals surface area contributed by atoms with Gasteiger partial charge in [-0.2, -0.15) is 0 Å². The van der Waals surface area contributed by atoms with Gasteiger partial charge in [-0.15, -0.1) is 0 Å². The largest absolute Gasteiger partial charge is 0.293 e. The van der Waals surface area contributed by atoms with Gasteiger partial charge in [0, 0.05) is 29.7 Å². The van der Waals surface area contributed by atoms with E-state index < -0.39 is 0 Å². The zero-order chi connectivity index (χ0) is 13.1. The molecule has 2 heterocycles. The molecule has 0 aliphatic heterocycles. The summed E-state index contributed by atoms with van der Waals surface area (Å²) in [5, 5.41) is 0.717. The van der Waals surface area contributed by atoms with E-state index in [0.29, 0.717) is 16.3 Å². The predicted octanol–water partition coefficient (Wildman–Crippen LogP) is 3.68. The van der Waals surface area contributed by atoms with Gasteiger partial charge in [-0.25, -0.2) is 0 Å². The summed E-state index contributed by atoms with van der Waals surface area (Å²) in [6, 6.07) is 3.53. The minimum absolute atomic E-state index is 0.0427. The van der Waals surface area contributed by atoms with Gasteiger partial charge in [-0.1, -0.05) is 27.5 Å². The van der Waals surface area contributed by atoms with Crippen molar-refractivity contribution in [3.8, 4) is 11.3 Å². The molecule has 0 radical (unpaired) electrons. The van der Waals surface area contributed by atoms with Gasteiger partial charge < -0.3 is 0 Å². The molecule has 2 rings (SSSR count). The minimum Gasteiger partial charge on any atom is -0.293 e. The van der Waals surface area contributed by atoms with Crippen molar-refractivity contribution in [2.24, 2.45) is 0 Å². The van der Waals surface area contributed by atoms with E-state index >= 15 is 0 Å². The first kappa shape index (κ1) is 13.2. The van der Waals surface area contributed by atoms with E-state index in [4.69, 9.17) is 11.6 Å². The van der Waals surface area contributed by atoms with Crippen LogP contribution in [0.1, 0.15) is 15.9 Å². The molecule has 0 atom stereocenters. The van der Waals surface area contributed by atoms with Crippen molar-refractivity contribution in [2.75, 3.05) is 5.33 Å². The third-order valence-electron chi connectivity index (χ3n) is 2.58. The number of carbonyl (C=O) groups is 1. The van der Waals surface area contributed by atoms with Crippen molar-refractivity contribution in [2.45, 2.75) is 6.92 Å². The number of pyridine rings is 2. The molecule has 0 unspecified atom stereocenters. The highest BCUT2D eigenvalue weighted by molar-refractivity contribution is 9.09. The maximum absolute atomic E-state index is 11.5. The highest BCUT2D eigenvalue weighted by Gasteiger charge is 2.11. The third kappa shape index (κ3) is 2.60. The number of carbonyl (C=O) groups excluding carboxylic acids is 1. The summed E-state index contributed by atoms with van der Waals surface area (Å²) in [5.41, 5.74) is 3.06. The molecule has 0 aliphatic carbocycles. The Bertz CT molecular complexity index is 601. The second-order valence-corrected chi connectivity index (χ2v) is 4.77. The van der Waals surface area contributed by atoms with E-state index in [0.717, 1.165) is 11.1 Å². The van der Waals surface area contributed by atoms with Crippen molar-refractivity contribution in [1.82, 2.24) is 9.97 Å². The number of Topliss-reactive ketones (excluding diaryl/α,β-unsaturated/α-hetero) is 1. The third-order valence-corrected chi connectivity index (χ3v) is 3.38. The zero-order valence-corrected chi connectivity index (χ0v) is 12.0. The molecule has 5 heteroatoms. The first-order valence-electron chi connectivity index (χ1n) is 5.29. The van der Waals surface area contributed by atoms with E-state index in [2.05, 4.69) is 25.9 Å². The van der Waals surface area contributed by atoms with Gasteiger partial charge in [0.2, 0.25) is 0 Å². The summed E-state index contributed by atoms with van der Waals surface area (Å²) >= 11 is 9.30. The number of hydrogen-bond acceptors (Lipinski definition) is 3. The summed E-state index contributed by atoms with van der Waals surface area (Å²) < 4.78 is 0. The lowest BCUT2D eigenvalue weighted by molar-refractivity contribution is 0.102. The van der Waals surface area contributed by atoms with Crippen LogP contribution in [0.4, 0.5) is 0 Å². The van der Waals surface area contributed by atoms with Crippen molar-refractivity contribution >= 4 is 33.3 Å². The molecule has 2 aromatic rings. The maximum atomic E-state index is 11.5. The molecule has 0 saturated heterocycles. The van der Waals surface area contributed by atoms with Crippen LogP contribution in [0.3, 0.4) is 0 Å². The van der Waals surface area contributed by atoms with Crippen LogP contribution >= 0.6 is 27.5 Å². The number of rotatable bonds is 3. The number of aromatic nitrogens is 2. The highest BCUT2D eigenvalue weighted by Crippen LogP contribution is 2.28. The average Bonchev–Trinajstić information content (AvgIpc) is 2.39. The Morgan fingerprint density at radius 2 is 2.22 bits per heavy atom. The van der Waals surface area contributed by atoms with E-state index in [-0.39, 0.29) is 11.1 Å². The summed E-state index contributed by atoms with van der Waals surface area (Å²) in [5.74, 6) is -0.0427. The molecule has 3 nitrogen and oxygen atoms in total. The van der Waals surface area contributed by atoms with Crippen molar-refractivity contribution < 1.29 is 4.79 Å². The van der Waals surface area contributed by atoms with E-state index in [1.165, 1.54) is 6.20 Å². The topological polar surface area (TPSA) is 42.9 Å². The second kappa shape index (κ2) is 5.59. The predicted molar refractivity (Wildman–Crippen MR) is 75.3 cm³/mol. The van der Waals surface area contributed by atoms with Crippen molar-refractivity contribution in [3.05, 3.63) is 46.9 Å². The van der Waals surface area contributed by atoms with Crippen molar-refractivity contribution in [1.29, 1.82) is 0 Å². The van der Waals surface area contributed by atoms with Crippen LogP contribution < -0.4 is 0 Å². The Kier molecular flexibility index (Phi) is 4.09. The lowest BCUT2D eigenvalue weighted by atomic mass is 10.1. The number of hydrogen-bond donors (Lipinski definition) is 0. The number of alkyl halides is 1. The lowest BCUT2D eigenvalue weighted by Gasteiger charge is -2.07. The number of halogens is 2. The normalized spacial score (nSPS) is 10.4. The summed E-state index contributed by atoms with van der Waals surface area (Å²) in [4.78, 5) is 19.9. The Labute approximate surface area is 118 Å². The van der Waals surface area contributed by atoms with Crippen LogP contribution in [0.2, 0.25) is 5.02 Å². The summed E-state index contributed by atoms with van der Waals surface area (Å²) in [6.07, 6.45) is 4.97. The molecule has 0 spiro atoms. The van der Waals surface area contributed by atoms with E-state index in [1.807, 2.05) is 13.0 Å². The fourth-order valence-corrected chi connectivity index (χ4v) is 2.17. The molecule has 0 aliphatic rings. The first-order chi connectivity index (χ1) is 8.63. The van der Waals surface area contributed by atoms with Gasteiger partial charge in [-0.3, -0.25) is 14.8 Å². The van der Waals surface area contributed by atoms with Gasteiger partial charge in [0.1, 0.15) is 0 Å². The zero-order valence-electron chi connectivity index (χ0n) is 9.65. The van der Waals surface area contributed by atoms with Gasteiger partial charge in [0.15, 0.2) is 5.78 Å². The molecule has 92 valence electrons. The second-order valence-electron chi connectivity index (χ2n) is 3.80. The minimum atomic E-state index is -0.0427. The van der Waals surface area contributed by atoms with Crippen LogP contribution in [0.5, 0.6) is 0 Å². The van der Waals surface area contributed by atoms with E-state index in [1.54, 1.807) is 18.5 Å². The fourth-order valence-electron chi connectivity index (χ4n) is 1.58. The Balaban J connectivity index is 2.49. The van der Waals surface area contributed by atoms with Gasteiger partial charge in [0.05, 0.1) is 16.0 Å². The lowest BCUT2D eigenvalue weighted by Crippen LogP contribution is -2.01. The molecule has 0 fully saturated rings. The number of nitrogens with zero attached hydrogens (tertiary/aromatic N) is 2.